The molecule has 2 aromatic rings. The van der Waals surface area contributed by atoms with E-state index in [0.717, 1.165) is 41.6 Å². The summed E-state index contributed by atoms with van der Waals surface area (Å²) in [6, 6.07) is 14.3. The number of nitrogens with one attached hydrogen (secondary N) is 2. The predicted octanol–water partition coefficient (Wildman–Crippen LogP) is 3.05. The van der Waals surface area contributed by atoms with Gasteiger partial charge < -0.3 is 29.6 Å². The number of rotatable bonds is 10. The van der Waals surface area contributed by atoms with Gasteiger partial charge in [-0.25, -0.2) is 0 Å². The van der Waals surface area contributed by atoms with Gasteiger partial charge >= 0.3 is 0 Å². The summed E-state index contributed by atoms with van der Waals surface area (Å²) in [5.74, 6) is 2.47. The number of guanidine groups is 1. The SMILES string of the molecule is CN=C(NCc1ccc(OCCOC)cc1)NCc1ccc(C)cc1OC1CCOC1. The van der Waals surface area contributed by atoms with Crippen LogP contribution < -0.4 is 20.1 Å². The first kappa shape index (κ1) is 22.9. The molecule has 1 aliphatic rings. The first-order chi connectivity index (χ1) is 15.2. The Kier molecular flexibility index (Phi) is 8.99. The zero-order valence-electron chi connectivity index (χ0n) is 18.6. The lowest BCUT2D eigenvalue weighted by molar-refractivity contribution is 0.140. The van der Waals surface area contributed by atoms with Gasteiger partial charge in [-0.15, -0.1) is 0 Å². The summed E-state index contributed by atoms with van der Waals surface area (Å²) in [6.07, 6.45) is 1.06. The zero-order valence-corrected chi connectivity index (χ0v) is 18.6. The molecule has 7 heteroatoms. The summed E-state index contributed by atoms with van der Waals surface area (Å²) in [6.45, 7) is 5.89. The first-order valence-electron chi connectivity index (χ1n) is 10.7. The molecule has 2 aromatic carbocycles. The minimum Gasteiger partial charge on any atom is -0.491 e. The van der Waals surface area contributed by atoms with Crippen molar-refractivity contribution >= 4 is 5.96 Å². The highest BCUT2D eigenvalue weighted by atomic mass is 16.5. The number of hydrogen-bond donors (Lipinski definition) is 2. The Morgan fingerprint density at radius 1 is 1.10 bits per heavy atom. The Hall–Kier alpha value is -2.77. The highest BCUT2D eigenvalue weighted by Crippen LogP contribution is 2.23. The number of methoxy groups -OCH3 is 1. The van der Waals surface area contributed by atoms with E-state index in [2.05, 4.69) is 40.7 Å². The van der Waals surface area contributed by atoms with Crippen molar-refractivity contribution < 1.29 is 18.9 Å². The summed E-state index contributed by atoms with van der Waals surface area (Å²) in [4.78, 5) is 4.33. The molecule has 0 bridgehead atoms. The molecule has 2 N–H and O–H groups in total. The molecule has 1 unspecified atom stereocenters. The number of benzene rings is 2. The van der Waals surface area contributed by atoms with Crippen LogP contribution in [-0.4, -0.2) is 52.6 Å². The van der Waals surface area contributed by atoms with Crippen molar-refractivity contribution in [2.45, 2.75) is 32.5 Å². The molecule has 1 saturated heterocycles. The van der Waals surface area contributed by atoms with Crippen LogP contribution in [0.5, 0.6) is 11.5 Å². The van der Waals surface area contributed by atoms with Crippen LogP contribution in [0.25, 0.3) is 0 Å². The lowest BCUT2D eigenvalue weighted by atomic mass is 10.1. The van der Waals surface area contributed by atoms with E-state index in [4.69, 9.17) is 18.9 Å². The van der Waals surface area contributed by atoms with E-state index >= 15 is 0 Å². The van der Waals surface area contributed by atoms with E-state index in [1.54, 1.807) is 14.2 Å². The summed E-state index contributed by atoms with van der Waals surface area (Å²) in [5.41, 5.74) is 3.41. The molecule has 0 aliphatic carbocycles. The van der Waals surface area contributed by atoms with Crippen LogP contribution in [0, 0.1) is 6.92 Å². The molecule has 31 heavy (non-hydrogen) atoms. The molecule has 7 nitrogen and oxygen atoms in total. The monoisotopic (exact) mass is 427 g/mol. The highest BCUT2D eigenvalue weighted by Gasteiger charge is 2.18. The molecular formula is C24H33N3O4. The second-order valence-electron chi connectivity index (χ2n) is 7.48. The average molecular weight is 428 g/mol. The number of aryl methyl sites for hydroxylation is 1. The smallest absolute Gasteiger partial charge is 0.191 e. The van der Waals surface area contributed by atoms with Crippen molar-refractivity contribution in [3.8, 4) is 11.5 Å². The third kappa shape index (κ3) is 7.45. The Morgan fingerprint density at radius 3 is 2.61 bits per heavy atom. The van der Waals surface area contributed by atoms with Gasteiger partial charge in [0.1, 0.15) is 24.2 Å². The van der Waals surface area contributed by atoms with E-state index in [0.29, 0.717) is 32.9 Å². The van der Waals surface area contributed by atoms with Gasteiger partial charge in [0.2, 0.25) is 0 Å². The van der Waals surface area contributed by atoms with E-state index in [9.17, 15) is 0 Å². The number of aliphatic imine (C=N–C) groups is 1. The van der Waals surface area contributed by atoms with Gasteiger partial charge in [-0.2, -0.15) is 0 Å². The van der Waals surface area contributed by atoms with Gasteiger partial charge in [0.25, 0.3) is 0 Å². The second-order valence-corrected chi connectivity index (χ2v) is 7.48. The zero-order chi connectivity index (χ0) is 21.9. The number of hydrogen-bond acceptors (Lipinski definition) is 5. The minimum absolute atomic E-state index is 0.124. The van der Waals surface area contributed by atoms with Crippen LogP contribution in [0.2, 0.25) is 0 Å². The Morgan fingerprint density at radius 2 is 1.90 bits per heavy atom. The molecule has 1 fully saturated rings. The second kappa shape index (κ2) is 12.2. The summed E-state index contributed by atoms with van der Waals surface area (Å²) in [5, 5.41) is 6.72. The lowest BCUT2D eigenvalue weighted by Gasteiger charge is -2.18. The van der Waals surface area contributed by atoms with Crippen molar-refractivity contribution in [1.29, 1.82) is 0 Å². The van der Waals surface area contributed by atoms with Crippen LogP contribution in [0.3, 0.4) is 0 Å². The van der Waals surface area contributed by atoms with Gasteiger partial charge in [0.05, 0.1) is 19.8 Å². The van der Waals surface area contributed by atoms with Crippen molar-refractivity contribution in [3.63, 3.8) is 0 Å². The van der Waals surface area contributed by atoms with Gasteiger partial charge in [0, 0.05) is 39.2 Å². The average Bonchev–Trinajstić information content (AvgIpc) is 3.29. The fourth-order valence-corrected chi connectivity index (χ4v) is 3.23. The van der Waals surface area contributed by atoms with Gasteiger partial charge in [-0.05, 0) is 36.2 Å². The van der Waals surface area contributed by atoms with Crippen molar-refractivity contribution in [1.82, 2.24) is 10.6 Å². The molecule has 0 spiro atoms. The topological polar surface area (TPSA) is 73.3 Å². The van der Waals surface area contributed by atoms with Gasteiger partial charge in [-0.3, -0.25) is 4.99 Å². The van der Waals surface area contributed by atoms with Crippen LogP contribution in [0.4, 0.5) is 0 Å². The fourth-order valence-electron chi connectivity index (χ4n) is 3.23. The molecule has 1 atom stereocenters. The van der Waals surface area contributed by atoms with Gasteiger partial charge in [0.15, 0.2) is 5.96 Å². The molecule has 1 aliphatic heterocycles. The largest absolute Gasteiger partial charge is 0.491 e. The summed E-state index contributed by atoms with van der Waals surface area (Å²) >= 11 is 0. The fraction of sp³-hybridized carbons (Fsp3) is 0.458. The van der Waals surface area contributed by atoms with Gasteiger partial charge in [-0.1, -0.05) is 24.3 Å². The normalized spacial score (nSPS) is 16.2. The Labute approximate surface area is 184 Å². The maximum absolute atomic E-state index is 6.18. The van der Waals surface area contributed by atoms with E-state index in [1.165, 1.54) is 5.56 Å². The number of ether oxygens (including phenoxy) is 4. The summed E-state index contributed by atoms with van der Waals surface area (Å²) < 4.78 is 22.2. The molecule has 168 valence electrons. The maximum Gasteiger partial charge on any atom is 0.191 e. The quantitative estimate of drug-likeness (QED) is 0.345. The van der Waals surface area contributed by atoms with Crippen LogP contribution in [0.1, 0.15) is 23.1 Å². The third-order valence-corrected chi connectivity index (χ3v) is 5.01. The van der Waals surface area contributed by atoms with Crippen LogP contribution >= 0.6 is 0 Å². The molecule has 0 saturated carbocycles. The molecule has 0 aromatic heterocycles. The molecule has 1 heterocycles. The summed E-state index contributed by atoms with van der Waals surface area (Å²) in [7, 11) is 3.43. The maximum atomic E-state index is 6.18. The van der Waals surface area contributed by atoms with Crippen LogP contribution in [-0.2, 0) is 22.6 Å². The minimum atomic E-state index is 0.124. The Bertz CT molecular complexity index is 833. The van der Waals surface area contributed by atoms with Crippen LogP contribution in [0.15, 0.2) is 47.5 Å². The van der Waals surface area contributed by atoms with E-state index < -0.39 is 0 Å². The molecule has 0 radical (unpaired) electrons. The van der Waals surface area contributed by atoms with Crippen molar-refractivity contribution in [2.24, 2.45) is 4.99 Å². The predicted molar refractivity (Wildman–Crippen MR) is 122 cm³/mol. The standard InChI is InChI=1S/C24H33N3O4/c1-18-4-7-20(23(14-18)31-22-10-11-29-17-22)16-27-24(25-2)26-15-19-5-8-21(9-6-19)30-13-12-28-3/h4-9,14,22H,10-13,15-17H2,1-3H3,(H2,25,26,27). The molecule has 0 amide bonds. The lowest BCUT2D eigenvalue weighted by Crippen LogP contribution is -2.36. The van der Waals surface area contributed by atoms with E-state index in [1.807, 2.05) is 24.3 Å². The van der Waals surface area contributed by atoms with Crippen molar-refractivity contribution in [2.75, 3.05) is 40.6 Å². The molecule has 3 rings (SSSR count). The third-order valence-electron chi connectivity index (χ3n) is 5.01. The molecular weight excluding hydrogens is 394 g/mol. The number of nitrogens with zero attached hydrogens (tertiary/aromatic N) is 1. The first-order valence-corrected chi connectivity index (χ1v) is 10.7. The van der Waals surface area contributed by atoms with E-state index in [-0.39, 0.29) is 6.10 Å². The Balaban J connectivity index is 1.50. The van der Waals surface area contributed by atoms with Crippen molar-refractivity contribution in [3.05, 3.63) is 59.2 Å². The highest BCUT2D eigenvalue weighted by molar-refractivity contribution is 5.79.